The van der Waals surface area contributed by atoms with Gasteiger partial charge >= 0.3 is 0 Å². The lowest BCUT2D eigenvalue weighted by Gasteiger charge is -2.31. The number of hydrogen-bond donors (Lipinski definition) is 2. The van der Waals surface area contributed by atoms with Crippen LogP contribution in [0.5, 0.6) is 0 Å². The van der Waals surface area contributed by atoms with Crippen molar-refractivity contribution >= 4 is 17.5 Å². The zero-order chi connectivity index (χ0) is 20.1. The summed E-state index contributed by atoms with van der Waals surface area (Å²) in [5.74, 6) is -0.989. The Hall–Kier alpha value is -2.93. The third-order valence-electron chi connectivity index (χ3n) is 6.44. The number of amides is 2. The molecule has 1 aliphatic carbocycles. The van der Waals surface area contributed by atoms with Crippen molar-refractivity contribution in [2.45, 2.75) is 31.5 Å². The van der Waals surface area contributed by atoms with Gasteiger partial charge < -0.3 is 19.9 Å². The van der Waals surface area contributed by atoms with E-state index in [1.807, 2.05) is 24.3 Å². The molecule has 1 saturated heterocycles. The number of aromatic nitrogens is 1. The highest BCUT2D eigenvalue weighted by atomic mass is 16.3. The summed E-state index contributed by atoms with van der Waals surface area (Å²) in [6.45, 7) is 0.194. The molecule has 3 aliphatic rings. The number of rotatable bonds is 4. The second-order valence-corrected chi connectivity index (χ2v) is 8.17. The number of nitrogens with zero attached hydrogens (tertiary/aromatic N) is 2. The molecule has 1 aromatic heterocycles. The van der Waals surface area contributed by atoms with Crippen LogP contribution in [0, 0.1) is 17.8 Å². The first-order valence-corrected chi connectivity index (χ1v) is 10.1. The van der Waals surface area contributed by atoms with Crippen LogP contribution in [0.2, 0.25) is 0 Å². The lowest BCUT2D eigenvalue weighted by molar-refractivity contribution is -0.141. The van der Waals surface area contributed by atoms with Crippen molar-refractivity contribution in [2.75, 3.05) is 11.9 Å². The number of aliphatic hydroxyl groups excluding tert-OH is 1. The molecule has 2 N–H and O–H groups in total. The predicted molar refractivity (Wildman–Crippen MR) is 106 cm³/mol. The first-order chi connectivity index (χ1) is 14.1. The molecule has 7 nitrogen and oxygen atoms in total. The summed E-state index contributed by atoms with van der Waals surface area (Å²) in [5, 5.41) is 13.1. The van der Waals surface area contributed by atoms with Crippen molar-refractivity contribution in [2.24, 2.45) is 17.8 Å². The van der Waals surface area contributed by atoms with Crippen molar-refractivity contribution in [3.63, 3.8) is 0 Å². The summed E-state index contributed by atoms with van der Waals surface area (Å²) in [5.41, 5.74) is 1.30. The number of aliphatic hydroxyl groups is 1. The van der Waals surface area contributed by atoms with Crippen LogP contribution in [0.1, 0.15) is 24.6 Å². The largest absolute Gasteiger partial charge is 0.396 e. The van der Waals surface area contributed by atoms with E-state index in [9.17, 15) is 19.5 Å². The Kier molecular flexibility index (Phi) is 4.28. The third-order valence-corrected chi connectivity index (χ3v) is 6.44. The van der Waals surface area contributed by atoms with E-state index in [-0.39, 0.29) is 41.9 Å². The Morgan fingerprint density at radius 2 is 1.83 bits per heavy atom. The minimum Gasteiger partial charge on any atom is -0.396 e. The molecule has 4 atom stereocenters. The van der Waals surface area contributed by atoms with Crippen LogP contribution >= 0.6 is 0 Å². The van der Waals surface area contributed by atoms with Crippen LogP contribution in [0.15, 0.2) is 53.3 Å². The first kappa shape index (κ1) is 18.1. The Labute approximate surface area is 168 Å². The van der Waals surface area contributed by atoms with Gasteiger partial charge in [-0.1, -0.05) is 24.3 Å². The monoisotopic (exact) mass is 393 g/mol. The fourth-order valence-corrected chi connectivity index (χ4v) is 4.96. The molecule has 3 heterocycles. The summed E-state index contributed by atoms with van der Waals surface area (Å²) in [4.78, 5) is 40.5. The number of nitrogens with one attached hydrogen (secondary N) is 1. The molecule has 29 heavy (non-hydrogen) atoms. The van der Waals surface area contributed by atoms with Crippen LogP contribution in [-0.4, -0.2) is 39.0 Å². The number of benzene rings is 1. The molecule has 2 aromatic rings. The van der Waals surface area contributed by atoms with Gasteiger partial charge in [-0.2, -0.15) is 0 Å². The fraction of sp³-hybridized carbons (Fsp3) is 0.409. The molecule has 2 aliphatic heterocycles. The zero-order valence-corrected chi connectivity index (χ0v) is 15.9. The Balaban J connectivity index is 1.55. The van der Waals surface area contributed by atoms with Crippen molar-refractivity contribution < 1.29 is 14.7 Å². The number of carbonyl (C=O) groups is 2. The van der Waals surface area contributed by atoms with Gasteiger partial charge in [0.25, 0.3) is 5.56 Å². The highest BCUT2D eigenvalue weighted by Gasteiger charge is 2.58. The molecule has 0 radical (unpaired) electrons. The van der Waals surface area contributed by atoms with E-state index < -0.39 is 12.0 Å². The summed E-state index contributed by atoms with van der Waals surface area (Å²) in [6, 6.07) is 13.1. The molecule has 0 unspecified atom stereocenters. The maximum Gasteiger partial charge on any atom is 0.250 e. The van der Waals surface area contributed by atoms with Gasteiger partial charge in [-0.25, -0.2) is 0 Å². The molecule has 150 valence electrons. The van der Waals surface area contributed by atoms with Crippen LogP contribution in [-0.2, 0) is 16.1 Å². The molecule has 2 fully saturated rings. The maximum absolute atomic E-state index is 13.3. The van der Waals surface area contributed by atoms with Crippen molar-refractivity contribution in [3.8, 4) is 0 Å². The highest BCUT2D eigenvalue weighted by molar-refractivity contribution is 5.98. The fourth-order valence-electron chi connectivity index (χ4n) is 4.96. The van der Waals surface area contributed by atoms with Crippen LogP contribution in [0.25, 0.3) is 0 Å². The van der Waals surface area contributed by atoms with Gasteiger partial charge in [-0.3, -0.25) is 14.4 Å². The van der Waals surface area contributed by atoms with E-state index in [1.54, 1.807) is 27.7 Å². The molecule has 1 aromatic carbocycles. The summed E-state index contributed by atoms with van der Waals surface area (Å²) in [6.07, 6.45) is 1.65. The number of pyridine rings is 1. The Morgan fingerprint density at radius 3 is 2.52 bits per heavy atom. The quantitative estimate of drug-likeness (QED) is 0.821. The number of para-hydroxylation sites is 1. The van der Waals surface area contributed by atoms with Crippen molar-refractivity contribution in [1.82, 2.24) is 9.47 Å². The van der Waals surface area contributed by atoms with Gasteiger partial charge in [0, 0.05) is 48.4 Å². The average Bonchev–Trinajstić information content (AvgIpc) is 3.43. The van der Waals surface area contributed by atoms with Gasteiger partial charge in [0.2, 0.25) is 11.8 Å². The molecule has 1 saturated carbocycles. The topological polar surface area (TPSA) is 91.6 Å². The molecule has 7 heteroatoms. The SMILES string of the molecule is O=C(Nc1ccccc1)[C@H]1[C@H](CO)[C@H]2Cn3c(cccc3=O)[C@H]2N1C(=O)C1CC1. The van der Waals surface area contributed by atoms with E-state index >= 15 is 0 Å². The molecular formula is C22H23N3O4. The van der Waals surface area contributed by atoms with E-state index in [0.717, 1.165) is 18.5 Å². The zero-order valence-electron chi connectivity index (χ0n) is 15.9. The summed E-state index contributed by atoms with van der Waals surface area (Å²) < 4.78 is 1.68. The van der Waals surface area contributed by atoms with E-state index in [2.05, 4.69) is 5.32 Å². The van der Waals surface area contributed by atoms with Crippen LogP contribution < -0.4 is 10.9 Å². The minimum absolute atomic E-state index is 0.0473. The van der Waals surface area contributed by atoms with Gasteiger partial charge in [-0.05, 0) is 31.0 Å². The number of likely N-dealkylation sites (tertiary alicyclic amines) is 1. The Bertz CT molecular complexity index is 1010. The molecular weight excluding hydrogens is 370 g/mol. The smallest absolute Gasteiger partial charge is 0.250 e. The molecule has 0 spiro atoms. The number of carbonyl (C=O) groups excluding carboxylic acids is 2. The summed E-state index contributed by atoms with van der Waals surface area (Å²) >= 11 is 0. The molecule has 2 amide bonds. The lowest BCUT2D eigenvalue weighted by atomic mass is 9.88. The minimum atomic E-state index is -0.757. The first-order valence-electron chi connectivity index (χ1n) is 10.1. The van der Waals surface area contributed by atoms with Crippen LogP contribution in [0.4, 0.5) is 5.69 Å². The maximum atomic E-state index is 13.3. The van der Waals surface area contributed by atoms with Crippen LogP contribution in [0.3, 0.4) is 0 Å². The number of anilines is 1. The Morgan fingerprint density at radius 1 is 1.07 bits per heavy atom. The van der Waals surface area contributed by atoms with Gasteiger partial charge in [0.1, 0.15) is 6.04 Å². The number of fused-ring (bicyclic) bond motifs is 3. The highest BCUT2D eigenvalue weighted by Crippen LogP contribution is 2.51. The number of hydrogen-bond acceptors (Lipinski definition) is 4. The summed E-state index contributed by atoms with van der Waals surface area (Å²) in [7, 11) is 0. The van der Waals surface area contributed by atoms with Crippen molar-refractivity contribution in [1.29, 1.82) is 0 Å². The van der Waals surface area contributed by atoms with Gasteiger partial charge in [0.05, 0.1) is 6.04 Å². The molecule has 0 bridgehead atoms. The molecule has 5 rings (SSSR count). The standard InChI is InChI=1S/C22H23N3O4/c26-12-16-15-11-24-17(7-4-8-18(24)27)19(15)25(22(29)13-9-10-13)20(16)21(28)23-14-5-2-1-3-6-14/h1-8,13,15-16,19-20,26H,9-12H2,(H,23,28)/t15-,16-,19+,20-/m1/s1. The predicted octanol–water partition coefficient (Wildman–Crippen LogP) is 1.39. The van der Waals surface area contributed by atoms with Crippen molar-refractivity contribution in [3.05, 3.63) is 64.6 Å². The van der Waals surface area contributed by atoms with E-state index in [4.69, 9.17) is 0 Å². The third kappa shape index (κ3) is 2.88. The normalized spacial score (nSPS) is 27.4. The average molecular weight is 393 g/mol. The van der Waals surface area contributed by atoms with E-state index in [1.165, 1.54) is 6.07 Å². The van der Waals surface area contributed by atoms with Gasteiger partial charge in [-0.15, -0.1) is 0 Å². The lowest BCUT2D eigenvalue weighted by Crippen LogP contribution is -2.48. The van der Waals surface area contributed by atoms with E-state index in [0.29, 0.717) is 12.2 Å². The second-order valence-electron chi connectivity index (χ2n) is 8.17. The van der Waals surface area contributed by atoms with Gasteiger partial charge in [0.15, 0.2) is 0 Å². The second kappa shape index (κ2) is 6.84.